The van der Waals surface area contributed by atoms with E-state index in [0.717, 1.165) is 16.7 Å². The maximum absolute atomic E-state index is 12.2. The van der Waals surface area contributed by atoms with Crippen molar-refractivity contribution in [3.8, 4) is 16.9 Å². The van der Waals surface area contributed by atoms with Gasteiger partial charge in [-0.25, -0.2) is 4.79 Å². The van der Waals surface area contributed by atoms with E-state index in [9.17, 15) is 4.79 Å². The fraction of sp³-hybridized carbons (Fsp3) is 0.0870. The molecular weight excluding hydrogens is 380 g/mol. The summed E-state index contributed by atoms with van der Waals surface area (Å²) < 4.78 is 10.7. The lowest BCUT2D eigenvalue weighted by Gasteiger charge is -2.12. The molecule has 0 heterocycles. The summed E-state index contributed by atoms with van der Waals surface area (Å²) in [5.41, 5.74) is 15.0. The SMILES string of the molecule is COC(=O)c1cc(COc2cccc(C(=N)N)c2)cc(-c2cccc(C(=N)N)c2)c1. The molecule has 0 amide bonds. The molecule has 152 valence electrons. The Morgan fingerprint density at radius 2 is 1.47 bits per heavy atom. The third kappa shape index (κ3) is 4.82. The first kappa shape index (κ1) is 20.6. The van der Waals surface area contributed by atoms with E-state index in [1.807, 2.05) is 12.1 Å². The van der Waals surface area contributed by atoms with E-state index in [1.165, 1.54) is 7.11 Å². The van der Waals surface area contributed by atoms with Crippen molar-refractivity contribution in [3.05, 3.63) is 89.0 Å². The number of carbonyl (C=O) groups excluding carboxylic acids is 1. The molecule has 0 atom stereocenters. The third-order valence-corrected chi connectivity index (χ3v) is 4.47. The van der Waals surface area contributed by atoms with Crippen LogP contribution in [0.4, 0.5) is 0 Å². The second-order valence-electron chi connectivity index (χ2n) is 6.63. The largest absolute Gasteiger partial charge is 0.489 e. The van der Waals surface area contributed by atoms with Crippen LogP contribution in [0.1, 0.15) is 27.0 Å². The first-order valence-electron chi connectivity index (χ1n) is 9.11. The predicted molar refractivity (Wildman–Crippen MR) is 116 cm³/mol. The molecule has 0 aliphatic carbocycles. The number of rotatable bonds is 7. The molecule has 0 saturated carbocycles. The van der Waals surface area contributed by atoms with Crippen LogP contribution in [-0.2, 0) is 11.3 Å². The summed E-state index contributed by atoms with van der Waals surface area (Å²) in [6.07, 6.45) is 0. The van der Waals surface area contributed by atoms with E-state index in [2.05, 4.69) is 0 Å². The van der Waals surface area contributed by atoms with Gasteiger partial charge in [-0.15, -0.1) is 0 Å². The highest BCUT2D eigenvalue weighted by Gasteiger charge is 2.12. The number of carbonyl (C=O) groups is 1. The minimum Gasteiger partial charge on any atom is -0.489 e. The van der Waals surface area contributed by atoms with Crippen LogP contribution in [0.25, 0.3) is 11.1 Å². The Balaban J connectivity index is 1.94. The second-order valence-corrected chi connectivity index (χ2v) is 6.63. The molecule has 0 aromatic heterocycles. The van der Waals surface area contributed by atoms with Gasteiger partial charge in [0.2, 0.25) is 0 Å². The van der Waals surface area contributed by atoms with Gasteiger partial charge >= 0.3 is 5.97 Å². The van der Waals surface area contributed by atoms with Gasteiger partial charge in [-0.3, -0.25) is 10.8 Å². The quantitative estimate of drug-likeness (QED) is 0.273. The van der Waals surface area contributed by atoms with Crippen LogP contribution in [-0.4, -0.2) is 24.8 Å². The van der Waals surface area contributed by atoms with Crippen molar-refractivity contribution in [3.63, 3.8) is 0 Å². The Bertz CT molecular complexity index is 1120. The zero-order chi connectivity index (χ0) is 21.7. The lowest BCUT2D eigenvalue weighted by Crippen LogP contribution is -2.11. The van der Waals surface area contributed by atoms with Crippen LogP contribution >= 0.6 is 0 Å². The van der Waals surface area contributed by atoms with E-state index in [-0.39, 0.29) is 18.3 Å². The standard InChI is InChI=1S/C23H22N4O3/c1-29-23(28)19-9-14(13-30-20-7-3-6-17(12-20)22(26)27)8-18(11-19)15-4-2-5-16(10-15)21(24)25/h2-12H,13H2,1H3,(H3,24,25)(H3,26,27). The summed E-state index contributed by atoms with van der Waals surface area (Å²) in [6.45, 7) is 0.200. The maximum atomic E-state index is 12.2. The van der Waals surface area contributed by atoms with Gasteiger partial charge in [0, 0.05) is 11.1 Å². The fourth-order valence-electron chi connectivity index (χ4n) is 2.96. The molecule has 0 aliphatic rings. The van der Waals surface area contributed by atoms with Crippen LogP contribution in [0, 0.1) is 10.8 Å². The van der Waals surface area contributed by atoms with Crippen molar-refractivity contribution in [1.29, 1.82) is 10.8 Å². The molecule has 0 fully saturated rings. The van der Waals surface area contributed by atoms with Gasteiger partial charge in [0.05, 0.1) is 12.7 Å². The lowest BCUT2D eigenvalue weighted by molar-refractivity contribution is 0.0600. The summed E-state index contributed by atoms with van der Waals surface area (Å²) in [4.78, 5) is 12.2. The number of esters is 1. The molecule has 0 spiro atoms. The smallest absolute Gasteiger partial charge is 0.337 e. The summed E-state index contributed by atoms with van der Waals surface area (Å²) in [5, 5.41) is 15.2. The van der Waals surface area contributed by atoms with Gasteiger partial charge in [0.1, 0.15) is 24.0 Å². The van der Waals surface area contributed by atoms with E-state index in [0.29, 0.717) is 22.4 Å². The van der Waals surface area contributed by atoms with E-state index in [1.54, 1.807) is 54.6 Å². The molecule has 3 aromatic carbocycles. The molecule has 0 radical (unpaired) electrons. The van der Waals surface area contributed by atoms with Gasteiger partial charge in [-0.1, -0.05) is 30.3 Å². The highest BCUT2D eigenvalue weighted by molar-refractivity contribution is 5.97. The Morgan fingerprint density at radius 1 is 0.833 bits per heavy atom. The van der Waals surface area contributed by atoms with Crippen molar-refractivity contribution in [2.75, 3.05) is 7.11 Å². The number of hydrogen-bond donors (Lipinski definition) is 4. The fourth-order valence-corrected chi connectivity index (χ4v) is 2.96. The highest BCUT2D eigenvalue weighted by Crippen LogP contribution is 2.25. The predicted octanol–water partition coefficient (Wildman–Crippen LogP) is 3.29. The Hall–Kier alpha value is -4.13. The summed E-state index contributed by atoms with van der Waals surface area (Å²) >= 11 is 0. The first-order valence-corrected chi connectivity index (χ1v) is 9.11. The van der Waals surface area contributed by atoms with Crippen LogP contribution in [0.2, 0.25) is 0 Å². The summed E-state index contributed by atoms with van der Waals surface area (Å²) in [5.74, 6) is 0.0290. The van der Waals surface area contributed by atoms with Gasteiger partial charge in [-0.2, -0.15) is 0 Å². The molecular formula is C23H22N4O3. The van der Waals surface area contributed by atoms with E-state index >= 15 is 0 Å². The topological polar surface area (TPSA) is 135 Å². The number of nitrogens with one attached hydrogen (secondary N) is 2. The van der Waals surface area contributed by atoms with Crippen LogP contribution in [0.15, 0.2) is 66.7 Å². The number of amidine groups is 2. The number of nitrogen functional groups attached to an aromatic ring is 2. The van der Waals surface area contributed by atoms with Crippen molar-refractivity contribution in [1.82, 2.24) is 0 Å². The van der Waals surface area contributed by atoms with Crippen molar-refractivity contribution >= 4 is 17.6 Å². The second kappa shape index (κ2) is 8.91. The lowest BCUT2D eigenvalue weighted by atomic mass is 9.98. The molecule has 7 heteroatoms. The Morgan fingerprint density at radius 3 is 2.13 bits per heavy atom. The van der Waals surface area contributed by atoms with Crippen LogP contribution in [0.5, 0.6) is 5.75 Å². The molecule has 6 N–H and O–H groups in total. The number of hydrogen-bond acceptors (Lipinski definition) is 5. The molecule has 0 bridgehead atoms. The van der Waals surface area contributed by atoms with Crippen molar-refractivity contribution in [2.24, 2.45) is 11.5 Å². The number of methoxy groups -OCH3 is 1. The first-order chi connectivity index (χ1) is 14.4. The molecule has 3 aromatic rings. The maximum Gasteiger partial charge on any atom is 0.337 e. The zero-order valence-electron chi connectivity index (χ0n) is 16.4. The Labute approximate surface area is 174 Å². The van der Waals surface area contributed by atoms with Crippen molar-refractivity contribution < 1.29 is 14.3 Å². The molecule has 30 heavy (non-hydrogen) atoms. The van der Waals surface area contributed by atoms with Gasteiger partial charge in [0.15, 0.2) is 0 Å². The zero-order valence-corrected chi connectivity index (χ0v) is 16.4. The van der Waals surface area contributed by atoms with E-state index < -0.39 is 5.97 Å². The van der Waals surface area contributed by atoms with Gasteiger partial charge in [-0.05, 0) is 53.1 Å². The molecule has 7 nitrogen and oxygen atoms in total. The minimum atomic E-state index is -0.459. The number of nitrogens with two attached hydrogens (primary N) is 2. The normalized spacial score (nSPS) is 10.3. The third-order valence-electron chi connectivity index (χ3n) is 4.47. The Kier molecular flexibility index (Phi) is 6.12. The highest BCUT2D eigenvalue weighted by atomic mass is 16.5. The number of benzene rings is 3. The minimum absolute atomic E-state index is 0.0325. The average molecular weight is 402 g/mol. The molecule has 0 aliphatic heterocycles. The number of ether oxygens (including phenoxy) is 2. The van der Waals surface area contributed by atoms with Crippen LogP contribution in [0.3, 0.4) is 0 Å². The molecule has 0 unspecified atom stereocenters. The monoisotopic (exact) mass is 402 g/mol. The van der Waals surface area contributed by atoms with Crippen LogP contribution < -0.4 is 16.2 Å². The summed E-state index contributed by atoms with van der Waals surface area (Å²) in [7, 11) is 1.33. The molecule has 3 rings (SSSR count). The summed E-state index contributed by atoms with van der Waals surface area (Å²) in [6, 6.07) is 19.5. The van der Waals surface area contributed by atoms with Gasteiger partial charge in [0.25, 0.3) is 0 Å². The van der Waals surface area contributed by atoms with Crippen molar-refractivity contribution in [2.45, 2.75) is 6.61 Å². The molecule has 0 saturated heterocycles. The average Bonchev–Trinajstić information content (AvgIpc) is 2.77. The van der Waals surface area contributed by atoms with Gasteiger partial charge < -0.3 is 20.9 Å². The van der Waals surface area contributed by atoms with E-state index in [4.69, 9.17) is 31.8 Å².